The van der Waals surface area contributed by atoms with Gasteiger partial charge in [-0.3, -0.25) is 4.99 Å². The van der Waals surface area contributed by atoms with Crippen molar-refractivity contribution in [2.24, 2.45) is 10.9 Å². The number of hydrogen-bond acceptors (Lipinski definition) is 3. The lowest BCUT2D eigenvalue weighted by Gasteiger charge is -2.24. The van der Waals surface area contributed by atoms with Gasteiger partial charge in [0.15, 0.2) is 5.96 Å². The van der Waals surface area contributed by atoms with Gasteiger partial charge in [-0.25, -0.2) is 0 Å². The van der Waals surface area contributed by atoms with Crippen LogP contribution in [0.4, 0.5) is 0 Å². The van der Waals surface area contributed by atoms with Crippen LogP contribution in [0.3, 0.4) is 0 Å². The van der Waals surface area contributed by atoms with Gasteiger partial charge >= 0.3 is 0 Å². The van der Waals surface area contributed by atoms with Gasteiger partial charge in [0.05, 0.1) is 12.7 Å². The highest BCUT2D eigenvalue weighted by Gasteiger charge is 2.19. The molecule has 5 nitrogen and oxygen atoms in total. The first-order valence-corrected chi connectivity index (χ1v) is 9.99. The smallest absolute Gasteiger partial charge is 0.193 e. The van der Waals surface area contributed by atoms with E-state index in [0.717, 1.165) is 50.9 Å². The van der Waals surface area contributed by atoms with E-state index in [-0.39, 0.29) is 0 Å². The summed E-state index contributed by atoms with van der Waals surface area (Å²) in [4.78, 5) is 6.61. The summed E-state index contributed by atoms with van der Waals surface area (Å²) in [6.07, 6.45) is 7.55. The van der Waals surface area contributed by atoms with Crippen LogP contribution in [0, 0.1) is 5.92 Å². The van der Waals surface area contributed by atoms with Crippen molar-refractivity contribution >= 4 is 5.96 Å². The van der Waals surface area contributed by atoms with E-state index in [2.05, 4.69) is 46.5 Å². The van der Waals surface area contributed by atoms with Gasteiger partial charge in [-0.1, -0.05) is 12.1 Å². The molecule has 1 aromatic carbocycles. The van der Waals surface area contributed by atoms with Gasteiger partial charge in [0, 0.05) is 39.7 Å². The van der Waals surface area contributed by atoms with E-state index < -0.39 is 0 Å². The predicted octanol–water partition coefficient (Wildman–Crippen LogP) is 3.09. The number of ether oxygens (including phenoxy) is 2. The zero-order valence-corrected chi connectivity index (χ0v) is 16.2. The van der Waals surface area contributed by atoms with Crippen molar-refractivity contribution in [2.75, 3.05) is 40.4 Å². The topological polar surface area (TPSA) is 46.1 Å². The van der Waals surface area contributed by atoms with Gasteiger partial charge in [0.1, 0.15) is 5.75 Å². The summed E-state index contributed by atoms with van der Waals surface area (Å²) >= 11 is 0. The summed E-state index contributed by atoms with van der Waals surface area (Å²) in [6.45, 7) is 3.63. The zero-order valence-electron chi connectivity index (χ0n) is 16.2. The van der Waals surface area contributed by atoms with E-state index in [1.807, 2.05) is 7.05 Å². The molecule has 3 rings (SSSR count). The van der Waals surface area contributed by atoms with Gasteiger partial charge in [0.2, 0.25) is 0 Å². The van der Waals surface area contributed by atoms with Crippen molar-refractivity contribution in [1.82, 2.24) is 10.2 Å². The third-order valence-corrected chi connectivity index (χ3v) is 5.35. The lowest BCUT2D eigenvalue weighted by molar-refractivity contribution is 0.181. The summed E-state index contributed by atoms with van der Waals surface area (Å²) in [7, 11) is 3.95. The summed E-state index contributed by atoms with van der Waals surface area (Å²) in [5, 5.41) is 3.47. The first kappa shape index (κ1) is 19.0. The first-order valence-electron chi connectivity index (χ1n) is 9.99. The van der Waals surface area contributed by atoms with Crippen LogP contribution in [0.1, 0.15) is 37.7 Å². The lowest BCUT2D eigenvalue weighted by atomic mass is 10.1. The van der Waals surface area contributed by atoms with E-state index in [4.69, 9.17) is 9.47 Å². The minimum absolute atomic E-state index is 0.423. The minimum atomic E-state index is 0.423. The lowest BCUT2D eigenvalue weighted by Crippen LogP contribution is -2.42. The van der Waals surface area contributed by atoms with Crippen LogP contribution in [-0.4, -0.2) is 57.4 Å². The number of rotatable bonds is 7. The second-order valence-corrected chi connectivity index (χ2v) is 7.50. The molecule has 2 aliphatic rings. The Morgan fingerprint density at radius 3 is 2.65 bits per heavy atom. The summed E-state index contributed by atoms with van der Waals surface area (Å²) in [5.41, 5.74) is 1.32. The van der Waals surface area contributed by atoms with Crippen molar-refractivity contribution in [3.05, 3.63) is 29.8 Å². The Balaban J connectivity index is 1.39. The Labute approximate surface area is 157 Å². The van der Waals surface area contributed by atoms with E-state index in [9.17, 15) is 0 Å². The molecule has 1 saturated carbocycles. The van der Waals surface area contributed by atoms with Gasteiger partial charge in [-0.2, -0.15) is 0 Å². The van der Waals surface area contributed by atoms with Crippen LogP contribution in [0.25, 0.3) is 0 Å². The fourth-order valence-electron chi connectivity index (χ4n) is 3.84. The van der Waals surface area contributed by atoms with Gasteiger partial charge < -0.3 is 19.7 Å². The second-order valence-electron chi connectivity index (χ2n) is 7.50. The number of nitrogens with one attached hydrogen (secondary N) is 1. The third-order valence-electron chi connectivity index (χ3n) is 5.35. The van der Waals surface area contributed by atoms with Crippen LogP contribution >= 0.6 is 0 Å². The van der Waals surface area contributed by atoms with Crippen molar-refractivity contribution in [1.29, 1.82) is 0 Å². The third kappa shape index (κ3) is 5.63. The highest BCUT2D eigenvalue weighted by molar-refractivity contribution is 5.79. The first-order chi connectivity index (χ1) is 12.7. The maximum atomic E-state index is 6.03. The van der Waals surface area contributed by atoms with Crippen molar-refractivity contribution < 1.29 is 9.47 Å². The normalized spacial score (nSPS) is 21.2. The molecule has 0 bridgehead atoms. The van der Waals surface area contributed by atoms with Crippen molar-refractivity contribution in [3.8, 4) is 5.75 Å². The molecule has 1 aliphatic heterocycles. The molecule has 0 radical (unpaired) electrons. The molecule has 2 fully saturated rings. The molecule has 26 heavy (non-hydrogen) atoms. The Hall–Kier alpha value is -1.75. The quantitative estimate of drug-likeness (QED) is 0.600. The standard InChI is InChI=1S/C21H33N3O2/c1-22-21(24(2)15-18-12-14-25-16-18)23-13-11-17-7-9-20(10-8-17)26-19-5-3-4-6-19/h7-10,18-19H,3-6,11-16H2,1-2H3,(H,22,23). The molecule has 1 heterocycles. The SMILES string of the molecule is CN=C(NCCc1ccc(OC2CCCC2)cc1)N(C)CC1CCOC1. The van der Waals surface area contributed by atoms with Crippen molar-refractivity contribution in [2.45, 2.75) is 44.6 Å². The molecule has 1 aromatic rings. The monoisotopic (exact) mass is 359 g/mol. The number of hydrogen-bond donors (Lipinski definition) is 1. The molecule has 0 spiro atoms. The average Bonchev–Trinajstić information content (AvgIpc) is 3.34. The fourth-order valence-corrected chi connectivity index (χ4v) is 3.84. The number of aliphatic imine (C=N–C) groups is 1. The number of nitrogens with zero attached hydrogens (tertiary/aromatic N) is 2. The molecule has 5 heteroatoms. The van der Waals surface area contributed by atoms with E-state index in [1.54, 1.807) is 0 Å². The number of guanidine groups is 1. The summed E-state index contributed by atoms with van der Waals surface area (Å²) in [6, 6.07) is 8.56. The van der Waals surface area contributed by atoms with E-state index in [1.165, 1.54) is 31.2 Å². The van der Waals surface area contributed by atoms with Gasteiger partial charge in [0.25, 0.3) is 0 Å². The predicted molar refractivity (Wildman–Crippen MR) is 106 cm³/mol. The maximum absolute atomic E-state index is 6.03. The van der Waals surface area contributed by atoms with E-state index in [0.29, 0.717) is 12.0 Å². The Kier molecular flexibility index (Phi) is 7.18. The van der Waals surface area contributed by atoms with Crippen LogP contribution in [0.2, 0.25) is 0 Å². The van der Waals surface area contributed by atoms with Crippen LogP contribution in [0.15, 0.2) is 29.3 Å². The van der Waals surface area contributed by atoms with Gasteiger partial charge in [-0.15, -0.1) is 0 Å². The fraction of sp³-hybridized carbons (Fsp3) is 0.667. The highest BCUT2D eigenvalue weighted by atomic mass is 16.5. The Morgan fingerprint density at radius 1 is 1.23 bits per heavy atom. The maximum Gasteiger partial charge on any atom is 0.193 e. The number of benzene rings is 1. The minimum Gasteiger partial charge on any atom is -0.490 e. The summed E-state index contributed by atoms with van der Waals surface area (Å²) in [5.74, 6) is 2.58. The summed E-state index contributed by atoms with van der Waals surface area (Å²) < 4.78 is 11.5. The average molecular weight is 360 g/mol. The molecule has 0 aromatic heterocycles. The zero-order chi connectivity index (χ0) is 18.2. The Morgan fingerprint density at radius 2 is 2.00 bits per heavy atom. The largest absolute Gasteiger partial charge is 0.490 e. The Bertz CT molecular complexity index is 561. The molecular formula is C21H33N3O2. The van der Waals surface area contributed by atoms with Crippen LogP contribution < -0.4 is 10.1 Å². The van der Waals surface area contributed by atoms with E-state index >= 15 is 0 Å². The molecule has 1 aliphatic carbocycles. The van der Waals surface area contributed by atoms with Crippen LogP contribution in [0.5, 0.6) is 5.75 Å². The molecule has 144 valence electrons. The molecule has 1 N–H and O–H groups in total. The molecular weight excluding hydrogens is 326 g/mol. The van der Waals surface area contributed by atoms with Gasteiger partial charge in [-0.05, 0) is 56.2 Å². The molecule has 1 atom stereocenters. The molecule has 1 saturated heterocycles. The highest BCUT2D eigenvalue weighted by Crippen LogP contribution is 2.24. The molecule has 0 amide bonds. The van der Waals surface area contributed by atoms with Crippen LogP contribution in [-0.2, 0) is 11.2 Å². The molecule has 1 unspecified atom stereocenters. The van der Waals surface area contributed by atoms with Crippen molar-refractivity contribution in [3.63, 3.8) is 0 Å². The second kappa shape index (κ2) is 9.81.